The maximum Gasteiger partial charge on any atom is 0.277 e. The molecule has 0 saturated carbocycles. The van der Waals surface area contributed by atoms with Crippen molar-refractivity contribution in [1.82, 2.24) is 19.9 Å². The van der Waals surface area contributed by atoms with Crippen molar-refractivity contribution in [1.29, 1.82) is 0 Å². The summed E-state index contributed by atoms with van der Waals surface area (Å²) >= 11 is 0. The summed E-state index contributed by atoms with van der Waals surface area (Å²) in [5.41, 5.74) is 1.46. The van der Waals surface area contributed by atoms with E-state index in [1.165, 1.54) is 4.68 Å². The van der Waals surface area contributed by atoms with E-state index in [9.17, 15) is 9.59 Å². The Balaban J connectivity index is 1.44. The number of hydrogen-bond donors (Lipinski definition) is 0. The summed E-state index contributed by atoms with van der Waals surface area (Å²) in [5.74, 6) is 0.897. The second kappa shape index (κ2) is 8.43. The molecule has 1 saturated heterocycles. The van der Waals surface area contributed by atoms with Crippen LogP contribution in [0.5, 0.6) is 5.75 Å². The smallest absolute Gasteiger partial charge is 0.277 e. The molecule has 2 heterocycles. The molecule has 1 unspecified atom stereocenters. The van der Waals surface area contributed by atoms with Crippen LogP contribution in [0.25, 0.3) is 10.9 Å². The van der Waals surface area contributed by atoms with Crippen LogP contribution in [-0.4, -0.2) is 45.5 Å². The Bertz CT molecular complexity index is 1080. The second-order valence-electron chi connectivity index (χ2n) is 7.28. The van der Waals surface area contributed by atoms with Crippen LogP contribution < -0.4 is 10.3 Å². The largest absolute Gasteiger partial charge is 0.496 e. The zero-order valence-electron chi connectivity index (χ0n) is 16.5. The Labute approximate surface area is 168 Å². The molecule has 0 N–H and O–H groups in total. The van der Waals surface area contributed by atoms with Crippen molar-refractivity contribution in [2.45, 2.75) is 38.3 Å². The Hall–Kier alpha value is -3.22. The molecular weight excluding hydrogens is 368 g/mol. The summed E-state index contributed by atoms with van der Waals surface area (Å²) in [6, 6.07) is 15.2. The van der Waals surface area contributed by atoms with Gasteiger partial charge in [0.2, 0.25) is 5.91 Å². The maximum absolute atomic E-state index is 12.9. The highest BCUT2D eigenvalue weighted by Crippen LogP contribution is 2.26. The number of benzene rings is 2. The summed E-state index contributed by atoms with van der Waals surface area (Å²) < 4.78 is 6.73. The van der Waals surface area contributed by atoms with Crippen LogP contribution in [-0.2, 0) is 17.8 Å². The number of aromatic nitrogens is 3. The Morgan fingerprint density at radius 2 is 1.97 bits per heavy atom. The molecule has 0 spiro atoms. The number of ether oxygens (including phenoxy) is 1. The van der Waals surface area contributed by atoms with E-state index >= 15 is 0 Å². The van der Waals surface area contributed by atoms with E-state index in [1.807, 2.05) is 35.2 Å². The predicted molar refractivity (Wildman–Crippen MR) is 110 cm³/mol. The third kappa shape index (κ3) is 3.99. The lowest BCUT2D eigenvalue weighted by Gasteiger charge is -2.25. The van der Waals surface area contributed by atoms with Crippen LogP contribution in [0.15, 0.2) is 53.3 Å². The third-order valence-corrected chi connectivity index (χ3v) is 5.51. The molecule has 0 bridgehead atoms. The standard InChI is InChI=1S/C22H24N4O3/c1-29-20-11-5-2-7-16(20)15-17-8-6-13-25(17)21(27)12-14-26-22(28)18-9-3-4-10-19(18)23-24-26/h2-5,7,9-11,17H,6,8,12-15H2,1H3. The number of carbonyl (C=O) groups excluding carboxylic acids is 1. The SMILES string of the molecule is COc1ccccc1CC1CCCN1C(=O)CCn1nnc2ccccc2c1=O. The van der Waals surface area contributed by atoms with E-state index in [0.29, 0.717) is 10.9 Å². The number of aryl methyl sites for hydroxylation is 1. The molecule has 1 aromatic heterocycles. The van der Waals surface area contributed by atoms with Gasteiger partial charge >= 0.3 is 0 Å². The molecule has 0 aliphatic carbocycles. The van der Waals surface area contributed by atoms with Gasteiger partial charge in [-0.2, -0.15) is 0 Å². The number of carbonyl (C=O) groups is 1. The van der Waals surface area contributed by atoms with Gasteiger partial charge in [0, 0.05) is 19.0 Å². The average molecular weight is 392 g/mol. The molecule has 1 amide bonds. The summed E-state index contributed by atoms with van der Waals surface area (Å²) in [4.78, 5) is 27.4. The van der Waals surface area contributed by atoms with E-state index in [2.05, 4.69) is 10.3 Å². The normalized spacial score (nSPS) is 16.3. The number of hydrogen-bond acceptors (Lipinski definition) is 5. The molecule has 7 nitrogen and oxygen atoms in total. The maximum atomic E-state index is 12.9. The van der Waals surface area contributed by atoms with E-state index in [4.69, 9.17) is 4.74 Å². The van der Waals surface area contributed by atoms with Crippen LogP contribution in [0.1, 0.15) is 24.8 Å². The van der Waals surface area contributed by atoms with Gasteiger partial charge in [-0.3, -0.25) is 9.59 Å². The first-order valence-corrected chi connectivity index (χ1v) is 9.91. The van der Waals surface area contributed by atoms with Crippen molar-refractivity contribution in [3.63, 3.8) is 0 Å². The highest BCUT2D eigenvalue weighted by molar-refractivity contribution is 5.77. The van der Waals surface area contributed by atoms with Gasteiger partial charge in [0.15, 0.2) is 0 Å². The van der Waals surface area contributed by atoms with Crippen molar-refractivity contribution in [3.05, 3.63) is 64.4 Å². The number of methoxy groups -OCH3 is 1. The lowest BCUT2D eigenvalue weighted by atomic mass is 10.0. The number of amides is 1. The van der Waals surface area contributed by atoms with Gasteiger partial charge < -0.3 is 9.64 Å². The van der Waals surface area contributed by atoms with Gasteiger partial charge in [-0.05, 0) is 43.0 Å². The zero-order chi connectivity index (χ0) is 20.2. The molecule has 1 atom stereocenters. The number of rotatable bonds is 6. The molecule has 1 fully saturated rings. The Morgan fingerprint density at radius 1 is 1.17 bits per heavy atom. The molecule has 0 radical (unpaired) electrons. The van der Waals surface area contributed by atoms with Crippen LogP contribution in [0.2, 0.25) is 0 Å². The van der Waals surface area contributed by atoms with Gasteiger partial charge in [-0.15, -0.1) is 5.10 Å². The molecule has 2 aromatic carbocycles. The summed E-state index contributed by atoms with van der Waals surface area (Å²) in [5, 5.41) is 8.58. The van der Waals surface area contributed by atoms with Gasteiger partial charge in [0.25, 0.3) is 5.56 Å². The van der Waals surface area contributed by atoms with Gasteiger partial charge in [-0.25, -0.2) is 4.68 Å². The van der Waals surface area contributed by atoms with E-state index in [0.717, 1.165) is 37.1 Å². The van der Waals surface area contributed by atoms with Crippen LogP contribution >= 0.6 is 0 Å². The summed E-state index contributed by atoms with van der Waals surface area (Å²) in [6.45, 7) is 0.977. The second-order valence-corrected chi connectivity index (χ2v) is 7.28. The first-order valence-electron chi connectivity index (χ1n) is 9.91. The fourth-order valence-corrected chi connectivity index (χ4v) is 4.02. The van der Waals surface area contributed by atoms with Crippen molar-refractivity contribution >= 4 is 16.8 Å². The topological polar surface area (TPSA) is 77.3 Å². The average Bonchev–Trinajstić information content (AvgIpc) is 3.22. The van der Waals surface area contributed by atoms with Crippen LogP contribution in [0, 0.1) is 0 Å². The van der Waals surface area contributed by atoms with Crippen LogP contribution in [0.4, 0.5) is 0 Å². The minimum Gasteiger partial charge on any atom is -0.496 e. The highest BCUT2D eigenvalue weighted by atomic mass is 16.5. The molecule has 4 rings (SSSR count). The summed E-state index contributed by atoms with van der Waals surface area (Å²) in [6.07, 6.45) is 2.96. The first kappa shape index (κ1) is 19.1. The van der Waals surface area contributed by atoms with E-state index in [1.54, 1.807) is 25.3 Å². The lowest BCUT2D eigenvalue weighted by Crippen LogP contribution is -2.38. The quantitative estimate of drug-likeness (QED) is 0.644. The number of nitrogens with zero attached hydrogens (tertiary/aromatic N) is 4. The lowest BCUT2D eigenvalue weighted by molar-refractivity contribution is -0.132. The Morgan fingerprint density at radius 3 is 2.83 bits per heavy atom. The Kier molecular flexibility index (Phi) is 5.55. The molecular formula is C22H24N4O3. The zero-order valence-corrected chi connectivity index (χ0v) is 16.5. The minimum atomic E-state index is -0.213. The number of para-hydroxylation sites is 1. The minimum absolute atomic E-state index is 0.0456. The molecule has 29 heavy (non-hydrogen) atoms. The number of likely N-dealkylation sites (tertiary alicyclic amines) is 1. The first-order chi connectivity index (χ1) is 14.2. The monoisotopic (exact) mass is 392 g/mol. The molecule has 7 heteroatoms. The molecule has 1 aliphatic rings. The fraction of sp³-hybridized carbons (Fsp3) is 0.364. The number of fused-ring (bicyclic) bond motifs is 1. The predicted octanol–water partition coefficient (Wildman–Crippen LogP) is 2.42. The van der Waals surface area contributed by atoms with Crippen molar-refractivity contribution in [2.75, 3.05) is 13.7 Å². The third-order valence-electron chi connectivity index (χ3n) is 5.51. The van der Waals surface area contributed by atoms with Gasteiger partial charge in [-0.1, -0.05) is 35.5 Å². The van der Waals surface area contributed by atoms with Crippen LogP contribution in [0.3, 0.4) is 0 Å². The fourth-order valence-electron chi connectivity index (χ4n) is 4.02. The molecule has 3 aromatic rings. The van der Waals surface area contributed by atoms with Crippen molar-refractivity contribution < 1.29 is 9.53 Å². The molecule has 1 aliphatic heterocycles. The highest BCUT2D eigenvalue weighted by Gasteiger charge is 2.29. The molecule has 150 valence electrons. The van der Waals surface area contributed by atoms with E-state index < -0.39 is 0 Å². The van der Waals surface area contributed by atoms with Crippen molar-refractivity contribution in [3.8, 4) is 5.75 Å². The van der Waals surface area contributed by atoms with Gasteiger partial charge in [0.1, 0.15) is 11.3 Å². The van der Waals surface area contributed by atoms with E-state index in [-0.39, 0.29) is 30.5 Å². The summed E-state index contributed by atoms with van der Waals surface area (Å²) in [7, 11) is 1.67. The van der Waals surface area contributed by atoms with Gasteiger partial charge in [0.05, 0.1) is 19.0 Å². The van der Waals surface area contributed by atoms with Crippen molar-refractivity contribution in [2.24, 2.45) is 0 Å².